The SMILES string of the molecule is CC1CCCC(CNc2ncc(Br)cc2F)C1. The largest absolute Gasteiger partial charge is 0.367 e. The maximum Gasteiger partial charge on any atom is 0.166 e. The first kappa shape index (κ1) is 12.8. The highest BCUT2D eigenvalue weighted by molar-refractivity contribution is 9.10. The van der Waals surface area contributed by atoms with Gasteiger partial charge in [0.15, 0.2) is 11.6 Å². The molecule has 1 aliphatic carbocycles. The zero-order chi connectivity index (χ0) is 12.3. The number of hydrogen-bond donors (Lipinski definition) is 1. The average Bonchev–Trinajstić information content (AvgIpc) is 2.28. The molecule has 0 spiro atoms. The Labute approximate surface area is 110 Å². The molecule has 0 amide bonds. The van der Waals surface area contributed by atoms with Crippen LogP contribution in [0.25, 0.3) is 0 Å². The maximum absolute atomic E-state index is 13.5. The van der Waals surface area contributed by atoms with E-state index < -0.39 is 0 Å². The first-order chi connectivity index (χ1) is 8.15. The first-order valence-corrected chi connectivity index (χ1v) is 6.99. The molecule has 1 aliphatic rings. The molecule has 0 saturated heterocycles. The van der Waals surface area contributed by atoms with Gasteiger partial charge in [-0.15, -0.1) is 0 Å². The lowest BCUT2D eigenvalue weighted by Crippen LogP contribution is -2.21. The van der Waals surface area contributed by atoms with Gasteiger partial charge in [0.25, 0.3) is 0 Å². The molecule has 0 radical (unpaired) electrons. The quantitative estimate of drug-likeness (QED) is 0.904. The molecule has 4 heteroatoms. The third-order valence-electron chi connectivity index (χ3n) is 3.41. The number of anilines is 1. The van der Waals surface area contributed by atoms with Gasteiger partial charge in [0.1, 0.15) is 0 Å². The van der Waals surface area contributed by atoms with Crippen LogP contribution >= 0.6 is 15.9 Å². The van der Waals surface area contributed by atoms with Crippen molar-refractivity contribution in [2.24, 2.45) is 11.8 Å². The topological polar surface area (TPSA) is 24.9 Å². The van der Waals surface area contributed by atoms with Gasteiger partial charge in [0, 0.05) is 17.2 Å². The molecule has 17 heavy (non-hydrogen) atoms. The molecule has 1 heterocycles. The van der Waals surface area contributed by atoms with Crippen LogP contribution in [0.3, 0.4) is 0 Å². The van der Waals surface area contributed by atoms with Crippen LogP contribution in [0.2, 0.25) is 0 Å². The second-order valence-corrected chi connectivity index (χ2v) is 5.92. The van der Waals surface area contributed by atoms with E-state index in [2.05, 4.69) is 33.2 Å². The average molecular weight is 301 g/mol. The number of nitrogens with one attached hydrogen (secondary N) is 1. The van der Waals surface area contributed by atoms with Crippen molar-refractivity contribution < 1.29 is 4.39 Å². The van der Waals surface area contributed by atoms with Crippen LogP contribution in [-0.2, 0) is 0 Å². The summed E-state index contributed by atoms with van der Waals surface area (Å²) in [5.74, 6) is 1.54. The van der Waals surface area contributed by atoms with Crippen molar-refractivity contribution in [3.05, 3.63) is 22.6 Å². The van der Waals surface area contributed by atoms with E-state index in [9.17, 15) is 4.39 Å². The van der Waals surface area contributed by atoms with E-state index in [0.29, 0.717) is 16.2 Å². The number of pyridine rings is 1. The predicted molar refractivity (Wildman–Crippen MR) is 71.5 cm³/mol. The van der Waals surface area contributed by atoms with Gasteiger partial charge in [-0.3, -0.25) is 0 Å². The second kappa shape index (κ2) is 5.80. The molecule has 0 bridgehead atoms. The van der Waals surface area contributed by atoms with Crippen molar-refractivity contribution in [3.8, 4) is 0 Å². The fourth-order valence-corrected chi connectivity index (χ4v) is 2.83. The number of aromatic nitrogens is 1. The van der Waals surface area contributed by atoms with Gasteiger partial charge in [-0.2, -0.15) is 0 Å². The van der Waals surface area contributed by atoms with Crippen molar-refractivity contribution >= 4 is 21.7 Å². The highest BCUT2D eigenvalue weighted by Crippen LogP contribution is 2.28. The summed E-state index contributed by atoms with van der Waals surface area (Å²) < 4.78 is 14.2. The molecule has 2 nitrogen and oxygen atoms in total. The Morgan fingerprint density at radius 2 is 2.35 bits per heavy atom. The molecule has 1 aromatic rings. The summed E-state index contributed by atoms with van der Waals surface area (Å²) in [7, 11) is 0. The lowest BCUT2D eigenvalue weighted by atomic mass is 9.82. The molecule has 1 saturated carbocycles. The van der Waals surface area contributed by atoms with E-state index in [-0.39, 0.29) is 5.82 Å². The van der Waals surface area contributed by atoms with E-state index in [1.165, 1.54) is 31.7 Å². The molecular weight excluding hydrogens is 283 g/mol. The Kier molecular flexibility index (Phi) is 4.37. The summed E-state index contributed by atoms with van der Waals surface area (Å²) >= 11 is 3.20. The molecule has 1 aromatic heterocycles. The number of nitrogens with zero attached hydrogens (tertiary/aromatic N) is 1. The lowest BCUT2D eigenvalue weighted by molar-refractivity contribution is 0.293. The zero-order valence-electron chi connectivity index (χ0n) is 10.0. The molecule has 1 fully saturated rings. The molecular formula is C13H18BrFN2. The summed E-state index contributed by atoms with van der Waals surface area (Å²) in [6, 6.07) is 1.44. The van der Waals surface area contributed by atoms with E-state index in [1.54, 1.807) is 6.20 Å². The van der Waals surface area contributed by atoms with E-state index in [4.69, 9.17) is 0 Å². The van der Waals surface area contributed by atoms with E-state index in [1.807, 2.05) is 0 Å². The summed E-state index contributed by atoms with van der Waals surface area (Å²) in [5, 5.41) is 3.12. The number of halogens is 2. The predicted octanol–water partition coefficient (Wildman–Crippen LogP) is 4.22. The Morgan fingerprint density at radius 1 is 1.53 bits per heavy atom. The molecule has 94 valence electrons. The van der Waals surface area contributed by atoms with Crippen molar-refractivity contribution in [3.63, 3.8) is 0 Å². The summed E-state index contributed by atoms with van der Waals surface area (Å²) in [5.41, 5.74) is 0. The van der Waals surface area contributed by atoms with Gasteiger partial charge in [-0.1, -0.05) is 19.8 Å². The number of hydrogen-bond acceptors (Lipinski definition) is 2. The second-order valence-electron chi connectivity index (χ2n) is 5.00. The first-order valence-electron chi connectivity index (χ1n) is 6.20. The summed E-state index contributed by atoms with van der Waals surface area (Å²) in [6.45, 7) is 3.13. The fourth-order valence-electron chi connectivity index (χ4n) is 2.53. The third-order valence-corrected chi connectivity index (χ3v) is 3.84. The van der Waals surface area contributed by atoms with Crippen molar-refractivity contribution in [2.75, 3.05) is 11.9 Å². The van der Waals surface area contributed by atoms with Gasteiger partial charge in [-0.25, -0.2) is 9.37 Å². The van der Waals surface area contributed by atoms with Gasteiger partial charge >= 0.3 is 0 Å². The van der Waals surface area contributed by atoms with Crippen LogP contribution in [0.1, 0.15) is 32.6 Å². The Bertz CT molecular complexity index is 384. The smallest absolute Gasteiger partial charge is 0.166 e. The van der Waals surface area contributed by atoms with Gasteiger partial charge in [0.2, 0.25) is 0 Å². The van der Waals surface area contributed by atoms with Crippen LogP contribution in [0.5, 0.6) is 0 Å². The molecule has 2 unspecified atom stereocenters. The Hall–Kier alpha value is -0.640. The Balaban J connectivity index is 1.88. The monoisotopic (exact) mass is 300 g/mol. The van der Waals surface area contributed by atoms with Gasteiger partial charge in [-0.05, 0) is 46.7 Å². The van der Waals surface area contributed by atoms with Crippen LogP contribution in [0, 0.1) is 17.7 Å². The molecule has 2 rings (SSSR count). The van der Waals surface area contributed by atoms with Crippen molar-refractivity contribution in [2.45, 2.75) is 32.6 Å². The molecule has 2 atom stereocenters. The Morgan fingerprint density at radius 3 is 3.06 bits per heavy atom. The van der Waals surface area contributed by atoms with Crippen molar-refractivity contribution in [1.82, 2.24) is 4.98 Å². The minimum Gasteiger partial charge on any atom is -0.367 e. The minimum atomic E-state index is -0.289. The molecule has 0 aromatic carbocycles. The molecule has 1 N–H and O–H groups in total. The molecule has 0 aliphatic heterocycles. The lowest BCUT2D eigenvalue weighted by Gasteiger charge is -2.26. The van der Waals surface area contributed by atoms with Crippen LogP contribution < -0.4 is 5.32 Å². The highest BCUT2D eigenvalue weighted by Gasteiger charge is 2.19. The normalized spacial score (nSPS) is 24.6. The van der Waals surface area contributed by atoms with Gasteiger partial charge < -0.3 is 5.32 Å². The van der Waals surface area contributed by atoms with Crippen LogP contribution in [0.4, 0.5) is 10.2 Å². The minimum absolute atomic E-state index is 0.289. The zero-order valence-corrected chi connectivity index (χ0v) is 11.6. The van der Waals surface area contributed by atoms with Crippen LogP contribution in [0.15, 0.2) is 16.7 Å². The number of rotatable bonds is 3. The van der Waals surface area contributed by atoms with E-state index >= 15 is 0 Å². The standard InChI is InChI=1S/C13H18BrFN2/c1-9-3-2-4-10(5-9)7-16-13-12(15)6-11(14)8-17-13/h6,8-10H,2-5,7H2,1H3,(H,16,17). The summed E-state index contributed by atoms with van der Waals surface area (Å²) in [6.07, 6.45) is 6.74. The maximum atomic E-state index is 13.5. The van der Waals surface area contributed by atoms with Crippen LogP contribution in [-0.4, -0.2) is 11.5 Å². The fraction of sp³-hybridized carbons (Fsp3) is 0.615. The summed E-state index contributed by atoms with van der Waals surface area (Å²) in [4.78, 5) is 4.05. The van der Waals surface area contributed by atoms with E-state index in [0.717, 1.165) is 12.5 Å². The highest BCUT2D eigenvalue weighted by atomic mass is 79.9. The van der Waals surface area contributed by atoms with Gasteiger partial charge in [0.05, 0.1) is 0 Å². The third kappa shape index (κ3) is 3.66. The van der Waals surface area contributed by atoms with Crippen molar-refractivity contribution in [1.29, 1.82) is 0 Å².